The van der Waals surface area contributed by atoms with Gasteiger partial charge in [-0.2, -0.15) is 0 Å². The van der Waals surface area contributed by atoms with Crippen LogP contribution in [-0.2, 0) is 0 Å². The van der Waals surface area contributed by atoms with Crippen molar-refractivity contribution >= 4 is 27.7 Å². The SMILES string of the molecule is Nc1cccc2c(=O)cc3oc4cccnc4nc-3c12. The molecule has 2 heterocycles. The van der Waals surface area contributed by atoms with Crippen LogP contribution in [0.2, 0.25) is 0 Å². The highest BCUT2D eigenvalue weighted by atomic mass is 16.3. The number of fused-ring (bicyclic) bond motifs is 4. The maximum atomic E-state index is 12.1. The minimum atomic E-state index is -0.131. The predicted molar refractivity (Wildman–Crippen MR) is 76.6 cm³/mol. The summed E-state index contributed by atoms with van der Waals surface area (Å²) in [6, 6.07) is 10.2. The summed E-state index contributed by atoms with van der Waals surface area (Å²) in [6.07, 6.45) is 1.64. The molecule has 0 spiro atoms. The monoisotopic (exact) mass is 263 g/mol. The van der Waals surface area contributed by atoms with E-state index in [0.29, 0.717) is 39.1 Å². The molecule has 20 heavy (non-hydrogen) atoms. The van der Waals surface area contributed by atoms with E-state index in [1.54, 1.807) is 36.5 Å². The van der Waals surface area contributed by atoms with E-state index in [9.17, 15) is 4.79 Å². The fourth-order valence-corrected chi connectivity index (χ4v) is 2.39. The molecule has 2 aliphatic rings. The van der Waals surface area contributed by atoms with Gasteiger partial charge in [-0.05, 0) is 18.2 Å². The summed E-state index contributed by atoms with van der Waals surface area (Å²) in [7, 11) is 0. The van der Waals surface area contributed by atoms with Gasteiger partial charge in [0.05, 0.1) is 0 Å². The summed E-state index contributed by atoms with van der Waals surface area (Å²) in [5.74, 6) is 0.418. The van der Waals surface area contributed by atoms with Crippen LogP contribution in [0.5, 0.6) is 0 Å². The van der Waals surface area contributed by atoms with E-state index in [1.165, 1.54) is 6.07 Å². The van der Waals surface area contributed by atoms with Gasteiger partial charge in [0.1, 0.15) is 5.69 Å². The quantitative estimate of drug-likeness (QED) is 0.299. The molecule has 0 radical (unpaired) electrons. The maximum absolute atomic E-state index is 12.1. The number of hydrogen-bond donors (Lipinski definition) is 1. The Labute approximate surface area is 113 Å². The van der Waals surface area contributed by atoms with Gasteiger partial charge < -0.3 is 10.2 Å². The van der Waals surface area contributed by atoms with Crippen LogP contribution in [0.4, 0.5) is 5.69 Å². The molecule has 5 heteroatoms. The Morgan fingerprint density at radius 2 is 2.05 bits per heavy atom. The molecule has 0 bridgehead atoms. The molecule has 1 aliphatic heterocycles. The van der Waals surface area contributed by atoms with Crippen molar-refractivity contribution in [2.45, 2.75) is 0 Å². The number of nitrogens with two attached hydrogens (primary N) is 1. The number of aromatic nitrogens is 2. The second-order valence-electron chi connectivity index (χ2n) is 4.53. The van der Waals surface area contributed by atoms with Crippen molar-refractivity contribution in [1.82, 2.24) is 9.97 Å². The van der Waals surface area contributed by atoms with Crippen molar-refractivity contribution in [3.05, 3.63) is 52.8 Å². The highest BCUT2D eigenvalue weighted by molar-refractivity contribution is 6.03. The van der Waals surface area contributed by atoms with Crippen LogP contribution < -0.4 is 11.2 Å². The standard InChI is InChI=1S/C15H9N3O2/c16-9-4-1-3-8-10(19)7-12-14(13(8)9)18-15-11(20-12)5-2-6-17-15/h1-7H,16H2. The summed E-state index contributed by atoms with van der Waals surface area (Å²) in [4.78, 5) is 20.8. The van der Waals surface area contributed by atoms with Gasteiger partial charge in [0.2, 0.25) is 0 Å². The lowest BCUT2D eigenvalue weighted by Crippen LogP contribution is -2.05. The number of benzene rings is 2. The zero-order valence-corrected chi connectivity index (χ0v) is 10.3. The molecular formula is C15H9N3O2. The van der Waals surface area contributed by atoms with E-state index in [-0.39, 0.29) is 5.43 Å². The molecule has 0 unspecified atom stereocenters. The van der Waals surface area contributed by atoms with E-state index in [1.807, 2.05) is 0 Å². The van der Waals surface area contributed by atoms with Crippen LogP contribution in [0.3, 0.4) is 0 Å². The van der Waals surface area contributed by atoms with Crippen molar-refractivity contribution in [3.63, 3.8) is 0 Å². The largest absolute Gasteiger partial charge is 0.451 e. The second kappa shape index (κ2) is 3.77. The molecular weight excluding hydrogens is 254 g/mol. The number of nitrogens with zero attached hydrogens (tertiary/aromatic N) is 2. The number of nitrogen functional groups attached to an aromatic ring is 1. The Bertz CT molecular complexity index is 991. The van der Waals surface area contributed by atoms with Gasteiger partial charge in [-0.15, -0.1) is 0 Å². The van der Waals surface area contributed by atoms with Crippen LogP contribution >= 0.6 is 0 Å². The molecule has 96 valence electrons. The molecule has 5 nitrogen and oxygen atoms in total. The molecule has 1 aromatic carbocycles. The second-order valence-corrected chi connectivity index (χ2v) is 4.53. The van der Waals surface area contributed by atoms with Gasteiger partial charge in [-0.3, -0.25) is 4.79 Å². The maximum Gasteiger partial charge on any atom is 0.196 e. The lowest BCUT2D eigenvalue weighted by Gasteiger charge is -2.10. The molecule has 1 aromatic heterocycles. The molecule has 2 N–H and O–H groups in total. The number of anilines is 1. The van der Waals surface area contributed by atoms with E-state index in [2.05, 4.69) is 9.97 Å². The highest BCUT2D eigenvalue weighted by Crippen LogP contribution is 2.32. The van der Waals surface area contributed by atoms with Crippen molar-refractivity contribution in [2.75, 3.05) is 5.73 Å². The molecule has 4 rings (SSSR count). The molecule has 1 aliphatic carbocycles. The molecule has 0 atom stereocenters. The van der Waals surface area contributed by atoms with Gasteiger partial charge >= 0.3 is 0 Å². The van der Waals surface area contributed by atoms with Crippen LogP contribution in [0.15, 0.2) is 51.8 Å². The third-order valence-corrected chi connectivity index (χ3v) is 3.28. The van der Waals surface area contributed by atoms with Crippen LogP contribution in [-0.4, -0.2) is 9.97 Å². The smallest absolute Gasteiger partial charge is 0.196 e. The summed E-state index contributed by atoms with van der Waals surface area (Å²) >= 11 is 0. The molecule has 2 aromatic rings. The van der Waals surface area contributed by atoms with Gasteiger partial charge in [-0.1, -0.05) is 12.1 Å². The van der Waals surface area contributed by atoms with E-state index >= 15 is 0 Å². The lowest BCUT2D eigenvalue weighted by atomic mass is 10.0. The zero-order chi connectivity index (χ0) is 13.7. The average Bonchev–Trinajstić information content (AvgIpc) is 2.46. The number of rotatable bonds is 0. The molecule has 0 saturated heterocycles. The van der Waals surface area contributed by atoms with Crippen molar-refractivity contribution in [1.29, 1.82) is 0 Å². The lowest BCUT2D eigenvalue weighted by molar-refractivity contribution is 0.612. The average molecular weight is 263 g/mol. The van der Waals surface area contributed by atoms with Crippen molar-refractivity contribution in [3.8, 4) is 11.5 Å². The van der Waals surface area contributed by atoms with E-state index in [4.69, 9.17) is 10.2 Å². The minimum Gasteiger partial charge on any atom is -0.451 e. The summed E-state index contributed by atoms with van der Waals surface area (Å²) in [6.45, 7) is 0. The Balaban J connectivity index is 2.32. The first-order valence-corrected chi connectivity index (χ1v) is 6.11. The zero-order valence-electron chi connectivity index (χ0n) is 10.3. The van der Waals surface area contributed by atoms with Gasteiger partial charge in [0.15, 0.2) is 22.4 Å². The van der Waals surface area contributed by atoms with E-state index in [0.717, 1.165) is 0 Å². The highest BCUT2D eigenvalue weighted by Gasteiger charge is 2.17. The minimum absolute atomic E-state index is 0.131. The van der Waals surface area contributed by atoms with Crippen LogP contribution in [0, 0.1) is 0 Å². The topological polar surface area (TPSA) is 82.0 Å². The third-order valence-electron chi connectivity index (χ3n) is 3.28. The molecule has 0 fully saturated rings. The fraction of sp³-hybridized carbons (Fsp3) is 0. The van der Waals surface area contributed by atoms with Crippen LogP contribution in [0.25, 0.3) is 33.5 Å². The predicted octanol–water partition coefficient (Wildman–Crippen LogP) is 2.42. The van der Waals surface area contributed by atoms with Crippen LogP contribution in [0.1, 0.15) is 0 Å². The van der Waals surface area contributed by atoms with Crippen molar-refractivity contribution in [2.24, 2.45) is 0 Å². The number of pyridine rings is 1. The summed E-state index contributed by atoms with van der Waals surface area (Å²) < 4.78 is 5.71. The van der Waals surface area contributed by atoms with Gasteiger partial charge in [0, 0.05) is 28.7 Å². The first-order chi connectivity index (χ1) is 9.74. The summed E-state index contributed by atoms with van der Waals surface area (Å²) in [5, 5.41) is 1.15. The van der Waals surface area contributed by atoms with Crippen molar-refractivity contribution < 1.29 is 4.42 Å². The van der Waals surface area contributed by atoms with Gasteiger partial charge in [0.25, 0.3) is 0 Å². The number of hydrogen-bond acceptors (Lipinski definition) is 5. The molecule has 0 saturated carbocycles. The normalized spacial score (nSPS) is 11.4. The molecule has 0 amide bonds. The Hall–Kier alpha value is -2.95. The first kappa shape index (κ1) is 10.9. The Morgan fingerprint density at radius 1 is 1.15 bits per heavy atom. The third kappa shape index (κ3) is 1.40. The summed E-state index contributed by atoms with van der Waals surface area (Å²) in [5.41, 5.74) is 7.95. The Kier molecular flexibility index (Phi) is 2.06. The Morgan fingerprint density at radius 3 is 2.95 bits per heavy atom. The van der Waals surface area contributed by atoms with Gasteiger partial charge in [-0.25, -0.2) is 9.97 Å². The fourth-order valence-electron chi connectivity index (χ4n) is 2.39. The first-order valence-electron chi connectivity index (χ1n) is 6.11. The van der Waals surface area contributed by atoms with E-state index < -0.39 is 0 Å².